The number of nitrogens with one attached hydrogen (secondary N) is 2. The lowest BCUT2D eigenvalue weighted by atomic mass is 9.79. The number of hydrogen-bond acceptors (Lipinski definition) is 7. The highest BCUT2D eigenvalue weighted by atomic mass is 28.3. The number of carbonyl (C=O) groups is 2. The third-order valence-electron chi connectivity index (χ3n) is 8.92. The fourth-order valence-electron chi connectivity index (χ4n) is 6.16. The van der Waals surface area contributed by atoms with E-state index in [1.165, 1.54) is 0 Å². The van der Waals surface area contributed by atoms with Crippen LogP contribution >= 0.6 is 0 Å². The molecule has 0 saturated heterocycles. The molecule has 0 aromatic carbocycles. The van der Waals surface area contributed by atoms with Gasteiger partial charge in [-0.15, -0.1) is 0 Å². The van der Waals surface area contributed by atoms with E-state index in [9.17, 15) is 9.59 Å². The van der Waals surface area contributed by atoms with E-state index < -0.39 is 26.0 Å². The molecule has 0 spiro atoms. The summed E-state index contributed by atoms with van der Waals surface area (Å²) >= 11 is 0. The lowest BCUT2D eigenvalue weighted by Crippen LogP contribution is -2.49. The monoisotopic (exact) mass is 669 g/mol. The van der Waals surface area contributed by atoms with Crippen molar-refractivity contribution in [3.63, 3.8) is 0 Å². The topological polar surface area (TPSA) is 125 Å². The van der Waals surface area contributed by atoms with E-state index in [1.807, 2.05) is 13.8 Å². The van der Waals surface area contributed by atoms with Crippen molar-refractivity contribution < 1.29 is 23.5 Å². The number of ether oxygens (including phenoxy) is 2. The molecule has 11 nitrogen and oxygen atoms in total. The van der Waals surface area contributed by atoms with Crippen molar-refractivity contribution in [3.05, 3.63) is 47.4 Å². The lowest BCUT2D eigenvalue weighted by molar-refractivity contribution is -0.119. The van der Waals surface area contributed by atoms with Crippen molar-refractivity contribution in [2.24, 2.45) is 11.8 Å². The van der Waals surface area contributed by atoms with E-state index in [0.29, 0.717) is 67.8 Å². The average Bonchev–Trinajstić information content (AvgIpc) is 3.62. The predicted octanol–water partition coefficient (Wildman–Crippen LogP) is 6.06. The summed E-state index contributed by atoms with van der Waals surface area (Å²) in [5, 5.41) is 14.7. The van der Waals surface area contributed by atoms with Gasteiger partial charge in [-0.05, 0) is 68.7 Å². The van der Waals surface area contributed by atoms with Crippen molar-refractivity contribution in [2.45, 2.75) is 104 Å². The van der Waals surface area contributed by atoms with Gasteiger partial charge in [-0.3, -0.25) is 14.3 Å². The Morgan fingerprint density at radius 3 is 2.51 bits per heavy atom. The number of carbonyl (C=O) groups excluding carboxylic acids is 2. The summed E-state index contributed by atoms with van der Waals surface area (Å²) in [6.45, 7) is 15.0. The number of halogens is 1. The van der Waals surface area contributed by atoms with Crippen molar-refractivity contribution >= 4 is 25.7 Å². The van der Waals surface area contributed by atoms with Crippen LogP contribution in [-0.4, -0.2) is 70.8 Å². The fraction of sp³-hybridized carbons (Fsp3) is 0.618. The summed E-state index contributed by atoms with van der Waals surface area (Å²) in [6.07, 6.45) is 6.45. The van der Waals surface area contributed by atoms with Gasteiger partial charge in [0.15, 0.2) is 0 Å². The summed E-state index contributed by atoms with van der Waals surface area (Å²) < 4.78 is 30.2. The molecule has 1 saturated carbocycles. The molecule has 0 bridgehead atoms. The third kappa shape index (κ3) is 9.80. The fourth-order valence-corrected chi connectivity index (χ4v) is 6.92. The first-order valence-corrected chi connectivity index (χ1v) is 20.6. The normalized spacial score (nSPS) is 17.4. The van der Waals surface area contributed by atoms with E-state index in [4.69, 9.17) is 9.47 Å². The number of aryl methyl sites for hydroxylation is 2. The number of aromatic nitrogens is 5. The van der Waals surface area contributed by atoms with Gasteiger partial charge in [-0.2, -0.15) is 14.6 Å². The Morgan fingerprint density at radius 1 is 1.11 bits per heavy atom. The zero-order valence-electron chi connectivity index (χ0n) is 29.1. The first-order valence-electron chi connectivity index (χ1n) is 16.8. The van der Waals surface area contributed by atoms with E-state index in [2.05, 4.69) is 52.4 Å². The lowest BCUT2D eigenvalue weighted by Gasteiger charge is -2.32. The number of methoxy groups -OCH3 is 1. The highest BCUT2D eigenvalue weighted by Gasteiger charge is 2.34. The maximum atomic E-state index is 15.7. The zero-order chi connectivity index (χ0) is 34.1. The maximum Gasteiger partial charge on any atom is 0.270 e. The molecule has 1 aliphatic carbocycles. The number of anilines is 1. The smallest absolute Gasteiger partial charge is 0.270 e. The van der Waals surface area contributed by atoms with Crippen LogP contribution in [0.25, 0.3) is 11.1 Å². The minimum absolute atomic E-state index is 0.0577. The SMILES string of the molecule is CCc1c(-c2ccc(NC(=O)[C@@H](NC(=O)c3ccnn3CCCOC)C3CCC(C)CC3)nc2F)c(C)nn1COCC[Si](C)(C)C. The van der Waals surface area contributed by atoms with E-state index in [-0.39, 0.29) is 17.6 Å². The van der Waals surface area contributed by atoms with Crippen molar-refractivity contribution in [1.82, 2.24) is 29.9 Å². The van der Waals surface area contributed by atoms with Crippen LogP contribution < -0.4 is 10.6 Å². The van der Waals surface area contributed by atoms with E-state index >= 15 is 4.39 Å². The molecule has 0 aliphatic heterocycles. The highest BCUT2D eigenvalue weighted by Crippen LogP contribution is 2.32. The Balaban J connectivity index is 1.50. The Hall–Kier alpha value is -3.42. The van der Waals surface area contributed by atoms with E-state index in [1.54, 1.807) is 40.9 Å². The summed E-state index contributed by atoms with van der Waals surface area (Å²) in [4.78, 5) is 31.3. The van der Waals surface area contributed by atoms with Crippen LogP contribution in [0.1, 0.15) is 67.8 Å². The number of amides is 2. The van der Waals surface area contributed by atoms with Gasteiger partial charge < -0.3 is 20.1 Å². The Bertz CT molecular complexity index is 1490. The molecule has 2 N–H and O–H groups in total. The predicted molar refractivity (Wildman–Crippen MR) is 183 cm³/mol. The molecule has 3 aromatic rings. The van der Waals surface area contributed by atoms with Crippen molar-refractivity contribution in [2.75, 3.05) is 25.6 Å². The van der Waals surface area contributed by atoms with Crippen LogP contribution in [0, 0.1) is 24.7 Å². The van der Waals surface area contributed by atoms with Gasteiger partial charge in [0.25, 0.3) is 5.91 Å². The molecule has 4 rings (SSSR count). The van der Waals surface area contributed by atoms with Crippen molar-refractivity contribution in [3.8, 4) is 11.1 Å². The summed E-state index contributed by atoms with van der Waals surface area (Å²) in [7, 11) is 0.409. The molecular weight excluding hydrogens is 618 g/mol. The zero-order valence-corrected chi connectivity index (χ0v) is 30.1. The van der Waals surface area contributed by atoms with Gasteiger partial charge in [-0.25, -0.2) is 9.67 Å². The largest absolute Gasteiger partial charge is 0.385 e. The molecule has 1 aliphatic rings. The molecular formula is C34H52FN7O4Si. The molecule has 1 atom stereocenters. The van der Waals surface area contributed by atoms with Crippen LogP contribution in [0.5, 0.6) is 0 Å². The number of nitrogens with zero attached hydrogens (tertiary/aromatic N) is 5. The molecule has 0 unspecified atom stereocenters. The van der Waals surface area contributed by atoms with Gasteiger partial charge in [0, 0.05) is 58.0 Å². The molecule has 3 heterocycles. The highest BCUT2D eigenvalue weighted by molar-refractivity contribution is 6.76. The molecule has 3 aromatic heterocycles. The molecule has 13 heteroatoms. The minimum Gasteiger partial charge on any atom is -0.385 e. The van der Waals surface area contributed by atoms with Crippen molar-refractivity contribution in [1.29, 1.82) is 0 Å². The molecule has 0 radical (unpaired) electrons. The maximum absolute atomic E-state index is 15.7. The molecule has 1 fully saturated rings. The summed E-state index contributed by atoms with van der Waals surface area (Å²) in [6, 6.07) is 5.12. The van der Waals surface area contributed by atoms with Gasteiger partial charge in [0.05, 0.1) is 5.69 Å². The second-order valence-corrected chi connectivity index (χ2v) is 19.5. The second-order valence-electron chi connectivity index (χ2n) is 13.9. The minimum atomic E-state index is -1.22. The Labute approximate surface area is 279 Å². The van der Waals surface area contributed by atoms with Crippen LogP contribution in [0.3, 0.4) is 0 Å². The van der Waals surface area contributed by atoms with Gasteiger partial charge in [-0.1, -0.05) is 46.3 Å². The van der Waals surface area contributed by atoms with E-state index in [0.717, 1.165) is 37.4 Å². The Kier molecular flexibility index (Phi) is 12.9. The number of pyridine rings is 1. The number of rotatable bonds is 16. The standard InChI is InChI=1S/C34H52FN7O4Si/c1-8-27-30(24(3)40-42(27)22-46-20-21-47(5,6)7)26-14-15-29(37-32(26)35)38-34(44)31(25-12-10-23(2)11-13-25)39-33(43)28-16-17-36-41(28)18-9-19-45-4/h14-17,23,25,31H,8-13,18-22H2,1-7H3,(H,39,43)(H,37,38,44)/t23?,25?,31-/m0/s1. The average molecular weight is 670 g/mol. The first-order chi connectivity index (χ1) is 22.4. The van der Waals surface area contributed by atoms with Gasteiger partial charge >= 0.3 is 0 Å². The molecule has 2 amide bonds. The van der Waals surface area contributed by atoms with Crippen LogP contribution in [0.4, 0.5) is 10.2 Å². The van der Waals surface area contributed by atoms with Gasteiger partial charge in [0.1, 0.15) is 24.3 Å². The number of hydrogen-bond donors (Lipinski definition) is 2. The third-order valence-corrected chi connectivity index (χ3v) is 10.6. The van der Waals surface area contributed by atoms with Gasteiger partial charge in [0.2, 0.25) is 11.9 Å². The summed E-state index contributed by atoms with van der Waals surface area (Å²) in [5.74, 6) is -0.908. The van der Waals surface area contributed by atoms with Crippen LogP contribution in [-0.2, 0) is 34.0 Å². The quantitative estimate of drug-likeness (QED) is 0.108. The molecule has 47 heavy (non-hydrogen) atoms. The second kappa shape index (κ2) is 16.6. The van der Waals surface area contributed by atoms with Crippen LogP contribution in [0.15, 0.2) is 24.4 Å². The first kappa shape index (κ1) is 36.4. The Morgan fingerprint density at radius 2 is 1.85 bits per heavy atom. The van der Waals surface area contributed by atoms with Crippen LogP contribution in [0.2, 0.25) is 25.7 Å². The molecule has 258 valence electrons. The summed E-state index contributed by atoms with van der Waals surface area (Å²) in [5.41, 5.74) is 2.93.